The van der Waals surface area contributed by atoms with Gasteiger partial charge in [-0.15, -0.1) is 0 Å². The van der Waals surface area contributed by atoms with Crippen LogP contribution in [-0.4, -0.2) is 10.2 Å². The largest absolute Gasteiger partial charge is 0.320 e. The van der Waals surface area contributed by atoms with Crippen LogP contribution in [0.2, 0.25) is 0 Å². The van der Waals surface area contributed by atoms with Crippen LogP contribution in [-0.2, 0) is 0 Å². The Labute approximate surface area is 46.5 Å². The van der Waals surface area contributed by atoms with Crippen LogP contribution in [0.25, 0.3) is 0 Å². The molecule has 0 saturated heterocycles. The number of pyridine rings is 1. The SMILES string of the molecule is OOc1ccccn1. The summed E-state index contributed by atoms with van der Waals surface area (Å²) in [6.07, 6.45) is 1.53. The first-order chi connectivity index (χ1) is 3.93. The third-order valence-electron chi connectivity index (χ3n) is 0.731. The Morgan fingerprint density at radius 2 is 2.38 bits per heavy atom. The van der Waals surface area contributed by atoms with Gasteiger partial charge in [-0.05, 0) is 6.07 Å². The molecule has 3 heteroatoms. The highest BCUT2D eigenvalue weighted by atomic mass is 17.1. The van der Waals surface area contributed by atoms with Gasteiger partial charge in [0, 0.05) is 12.3 Å². The van der Waals surface area contributed by atoms with Crippen LogP contribution in [0, 0.1) is 0 Å². The molecule has 0 aliphatic carbocycles. The van der Waals surface area contributed by atoms with E-state index in [0.717, 1.165) is 0 Å². The van der Waals surface area contributed by atoms with Crippen LogP contribution < -0.4 is 4.89 Å². The Hall–Kier alpha value is -1.09. The fourth-order valence-electron chi connectivity index (χ4n) is 0.401. The third-order valence-corrected chi connectivity index (χ3v) is 0.731. The normalized spacial score (nSPS) is 8.62. The van der Waals surface area contributed by atoms with Gasteiger partial charge in [0.05, 0.1) is 0 Å². The second kappa shape index (κ2) is 2.28. The zero-order valence-electron chi connectivity index (χ0n) is 4.11. The maximum absolute atomic E-state index is 7.98. The van der Waals surface area contributed by atoms with Crippen molar-refractivity contribution in [2.75, 3.05) is 0 Å². The molecular weight excluding hydrogens is 106 g/mol. The lowest BCUT2D eigenvalue weighted by molar-refractivity contribution is -0.141. The fourth-order valence-corrected chi connectivity index (χ4v) is 0.401. The van der Waals surface area contributed by atoms with Crippen LogP contribution in [0.1, 0.15) is 0 Å². The molecule has 1 N–H and O–H groups in total. The summed E-state index contributed by atoms with van der Waals surface area (Å²) in [6.45, 7) is 0. The smallest absolute Gasteiger partial charge is 0.255 e. The standard InChI is InChI=1S/C5H5NO2/c7-8-5-3-1-2-4-6-5/h1-4,7H. The van der Waals surface area contributed by atoms with Gasteiger partial charge in [0.1, 0.15) is 0 Å². The summed E-state index contributed by atoms with van der Waals surface area (Å²) in [5, 5.41) is 7.98. The minimum absolute atomic E-state index is 0.215. The summed E-state index contributed by atoms with van der Waals surface area (Å²) in [5.74, 6) is 0.215. The van der Waals surface area contributed by atoms with Gasteiger partial charge in [-0.1, -0.05) is 6.07 Å². The highest BCUT2D eigenvalue weighted by Crippen LogP contribution is 1.99. The van der Waals surface area contributed by atoms with E-state index in [9.17, 15) is 0 Å². The fraction of sp³-hybridized carbons (Fsp3) is 0. The predicted molar refractivity (Wildman–Crippen MR) is 27.5 cm³/mol. The Bertz CT molecular complexity index is 152. The minimum atomic E-state index is 0.215. The van der Waals surface area contributed by atoms with E-state index in [4.69, 9.17) is 5.26 Å². The quantitative estimate of drug-likeness (QED) is 0.433. The van der Waals surface area contributed by atoms with E-state index in [1.54, 1.807) is 18.2 Å². The average Bonchev–Trinajstić information content (AvgIpc) is 1.90. The molecule has 0 bridgehead atoms. The summed E-state index contributed by atoms with van der Waals surface area (Å²) in [6, 6.07) is 5.01. The van der Waals surface area contributed by atoms with Crippen LogP contribution in [0.4, 0.5) is 0 Å². The van der Waals surface area contributed by atoms with Crippen LogP contribution in [0.15, 0.2) is 24.4 Å². The Morgan fingerprint density at radius 1 is 1.50 bits per heavy atom. The van der Waals surface area contributed by atoms with Crippen molar-refractivity contribution in [1.82, 2.24) is 4.98 Å². The van der Waals surface area contributed by atoms with E-state index >= 15 is 0 Å². The molecule has 1 aromatic rings. The highest BCUT2D eigenvalue weighted by molar-refractivity contribution is 5.07. The van der Waals surface area contributed by atoms with Crippen molar-refractivity contribution < 1.29 is 10.1 Å². The van der Waals surface area contributed by atoms with Gasteiger partial charge in [0.2, 0.25) is 0 Å². The summed E-state index contributed by atoms with van der Waals surface area (Å²) in [7, 11) is 0. The second-order valence-electron chi connectivity index (χ2n) is 1.26. The first kappa shape index (κ1) is 5.05. The maximum Gasteiger partial charge on any atom is 0.255 e. The molecule has 0 spiro atoms. The summed E-state index contributed by atoms with van der Waals surface area (Å²) < 4.78 is 0. The number of hydrogen-bond donors (Lipinski definition) is 1. The van der Waals surface area contributed by atoms with Crippen molar-refractivity contribution in [3.63, 3.8) is 0 Å². The highest BCUT2D eigenvalue weighted by Gasteiger charge is 1.84. The van der Waals surface area contributed by atoms with Gasteiger partial charge < -0.3 is 4.89 Å². The lowest BCUT2D eigenvalue weighted by Crippen LogP contribution is -1.84. The zero-order chi connectivity index (χ0) is 5.82. The lowest BCUT2D eigenvalue weighted by Gasteiger charge is -1.89. The number of aromatic nitrogens is 1. The predicted octanol–water partition coefficient (Wildman–Crippen LogP) is 0.933. The van der Waals surface area contributed by atoms with Crippen LogP contribution >= 0.6 is 0 Å². The molecule has 0 saturated carbocycles. The van der Waals surface area contributed by atoms with E-state index in [2.05, 4.69) is 9.87 Å². The van der Waals surface area contributed by atoms with Gasteiger partial charge in [-0.25, -0.2) is 10.2 Å². The summed E-state index contributed by atoms with van der Waals surface area (Å²) in [4.78, 5) is 7.43. The van der Waals surface area contributed by atoms with Crippen molar-refractivity contribution in [3.8, 4) is 5.88 Å². The van der Waals surface area contributed by atoms with Crippen molar-refractivity contribution in [2.45, 2.75) is 0 Å². The lowest BCUT2D eigenvalue weighted by atomic mass is 10.5. The Morgan fingerprint density at radius 3 is 2.75 bits per heavy atom. The Balaban J connectivity index is 2.83. The first-order valence-electron chi connectivity index (χ1n) is 2.16. The molecule has 0 aliphatic heterocycles. The topological polar surface area (TPSA) is 42.4 Å². The molecule has 0 unspecified atom stereocenters. The average molecular weight is 111 g/mol. The third kappa shape index (κ3) is 0.946. The van der Waals surface area contributed by atoms with Gasteiger partial charge >= 0.3 is 0 Å². The van der Waals surface area contributed by atoms with Crippen molar-refractivity contribution in [2.24, 2.45) is 0 Å². The molecule has 0 aromatic carbocycles. The van der Waals surface area contributed by atoms with E-state index < -0.39 is 0 Å². The van der Waals surface area contributed by atoms with Crippen molar-refractivity contribution in [3.05, 3.63) is 24.4 Å². The molecule has 42 valence electrons. The summed E-state index contributed by atoms with van der Waals surface area (Å²) >= 11 is 0. The van der Waals surface area contributed by atoms with E-state index in [1.807, 2.05) is 0 Å². The molecular formula is C5H5NO2. The molecule has 0 radical (unpaired) electrons. The maximum atomic E-state index is 7.98. The second-order valence-corrected chi connectivity index (χ2v) is 1.26. The molecule has 8 heavy (non-hydrogen) atoms. The molecule has 3 nitrogen and oxygen atoms in total. The summed E-state index contributed by atoms with van der Waals surface area (Å²) in [5.41, 5.74) is 0. The first-order valence-corrected chi connectivity index (χ1v) is 2.16. The molecule has 0 fully saturated rings. The van der Waals surface area contributed by atoms with Gasteiger partial charge in [0.25, 0.3) is 5.88 Å². The van der Waals surface area contributed by atoms with Crippen LogP contribution in [0.3, 0.4) is 0 Å². The molecule has 1 aromatic heterocycles. The molecule has 0 amide bonds. The van der Waals surface area contributed by atoms with Crippen LogP contribution in [0.5, 0.6) is 5.88 Å². The molecule has 1 rings (SSSR count). The van der Waals surface area contributed by atoms with Gasteiger partial charge in [-0.2, -0.15) is 0 Å². The van der Waals surface area contributed by atoms with E-state index in [-0.39, 0.29) is 5.88 Å². The molecule has 0 aliphatic rings. The molecule has 0 atom stereocenters. The van der Waals surface area contributed by atoms with E-state index in [0.29, 0.717) is 0 Å². The van der Waals surface area contributed by atoms with Gasteiger partial charge in [0.15, 0.2) is 0 Å². The molecule has 1 heterocycles. The van der Waals surface area contributed by atoms with E-state index in [1.165, 1.54) is 6.20 Å². The monoisotopic (exact) mass is 111 g/mol. The number of nitrogens with zero attached hydrogens (tertiary/aromatic N) is 1. The Kier molecular flexibility index (Phi) is 1.44. The number of hydrogen-bond acceptors (Lipinski definition) is 3. The van der Waals surface area contributed by atoms with Crippen molar-refractivity contribution >= 4 is 0 Å². The number of rotatable bonds is 1. The van der Waals surface area contributed by atoms with Gasteiger partial charge in [-0.3, -0.25) is 0 Å². The van der Waals surface area contributed by atoms with Crippen molar-refractivity contribution in [1.29, 1.82) is 0 Å². The zero-order valence-corrected chi connectivity index (χ0v) is 4.11. The minimum Gasteiger partial charge on any atom is -0.320 e.